The molecule has 2 rings (SSSR count). The molecule has 1 amide bonds. The van der Waals surface area contributed by atoms with Gasteiger partial charge in [-0.1, -0.05) is 11.6 Å². The van der Waals surface area contributed by atoms with Gasteiger partial charge in [-0.15, -0.1) is 0 Å². The molecule has 0 bridgehead atoms. The summed E-state index contributed by atoms with van der Waals surface area (Å²) in [7, 11) is 5.71. The van der Waals surface area contributed by atoms with Crippen molar-refractivity contribution in [1.29, 1.82) is 0 Å². The number of nitrogens with one attached hydrogen (secondary N) is 1. The molecule has 1 aliphatic rings. The highest BCUT2D eigenvalue weighted by Crippen LogP contribution is 2.21. The first-order chi connectivity index (χ1) is 9.52. The molecule has 1 N–H and O–H groups in total. The molecule has 1 fully saturated rings. The van der Waals surface area contributed by atoms with Crippen LogP contribution in [0.1, 0.15) is 23.3 Å². The van der Waals surface area contributed by atoms with Crippen LogP contribution in [-0.2, 0) is 0 Å². The summed E-state index contributed by atoms with van der Waals surface area (Å²) in [5.41, 5.74) is 0.319. The molecule has 0 atom stereocenters. The van der Waals surface area contributed by atoms with Gasteiger partial charge >= 0.3 is 0 Å². The van der Waals surface area contributed by atoms with Crippen LogP contribution in [0.3, 0.4) is 0 Å². The second kappa shape index (κ2) is 6.41. The molecule has 0 aromatic carbocycles. The maximum Gasteiger partial charge on any atom is 0.274 e. The third-order valence-electron chi connectivity index (χ3n) is 3.86. The van der Waals surface area contributed by atoms with Crippen molar-refractivity contribution in [1.82, 2.24) is 14.8 Å². The molecule has 0 radical (unpaired) electrons. The molecular formula is C14H21ClN4O. The largest absolute Gasteiger partial charge is 0.373 e. The first-order valence-corrected chi connectivity index (χ1v) is 7.20. The number of hydrogen-bond acceptors (Lipinski definition) is 4. The van der Waals surface area contributed by atoms with Crippen LogP contribution >= 0.6 is 11.6 Å². The molecule has 0 unspecified atom stereocenters. The third kappa shape index (κ3) is 3.22. The van der Waals surface area contributed by atoms with Crippen molar-refractivity contribution < 1.29 is 4.79 Å². The Balaban J connectivity index is 2.14. The Hall–Kier alpha value is -1.33. The first kappa shape index (κ1) is 15.1. The lowest BCUT2D eigenvalue weighted by atomic mass is 10.0. The second-order valence-electron chi connectivity index (χ2n) is 5.23. The molecule has 1 saturated heterocycles. The molecule has 0 spiro atoms. The number of carbonyl (C=O) groups is 1. The molecule has 2 heterocycles. The highest BCUT2D eigenvalue weighted by Gasteiger charge is 2.26. The van der Waals surface area contributed by atoms with Crippen LogP contribution in [0.5, 0.6) is 0 Å². The minimum absolute atomic E-state index is 0.110. The lowest BCUT2D eigenvalue weighted by Gasteiger charge is -2.35. The van der Waals surface area contributed by atoms with Gasteiger partial charge in [0.05, 0.1) is 5.02 Å². The maximum atomic E-state index is 12.6. The van der Waals surface area contributed by atoms with Crippen molar-refractivity contribution in [2.24, 2.45) is 0 Å². The summed E-state index contributed by atoms with van der Waals surface area (Å²) in [6.45, 7) is 2.03. The number of amides is 1. The van der Waals surface area contributed by atoms with Gasteiger partial charge in [-0.25, -0.2) is 4.98 Å². The Morgan fingerprint density at radius 2 is 2.10 bits per heavy atom. The van der Waals surface area contributed by atoms with Gasteiger partial charge in [-0.2, -0.15) is 0 Å². The lowest BCUT2D eigenvalue weighted by molar-refractivity contribution is 0.0654. The van der Waals surface area contributed by atoms with E-state index in [0.29, 0.717) is 16.5 Å². The number of nitrogens with zero attached hydrogens (tertiary/aromatic N) is 3. The number of hydrogen-bond donors (Lipinski definition) is 1. The van der Waals surface area contributed by atoms with Gasteiger partial charge in [0.25, 0.3) is 5.91 Å². The zero-order valence-corrected chi connectivity index (χ0v) is 12.9. The maximum absolute atomic E-state index is 12.6. The molecular weight excluding hydrogens is 276 g/mol. The zero-order chi connectivity index (χ0) is 14.7. The van der Waals surface area contributed by atoms with Crippen molar-refractivity contribution in [2.75, 3.05) is 39.5 Å². The topological polar surface area (TPSA) is 48.5 Å². The summed E-state index contributed by atoms with van der Waals surface area (Å²) in [6.07, 6.45) is 1.98. The van der Waals surface area contributed by atoms with Gasteiger partial charge in [0, 0.05) is 20.1 Å². The van der Waals surface area contributed by atoms with Crippen molar-refractivity contribution in [3.63, 3.8) is 0 Å². The van der Waals surface area contributed by atoms with E-state index in [1.807, 2.05) is 7.05 Å². The van der Waals surface area contributed by atoms with Gasteiger partial charge in [0.1, 0.15) is 11.5 Å². The second-order valence-corrected chi connectivity index (χ2v) is 5.63. The molecule has 5 nitrogen and oxygen atoms in total. The van der Waals surface area contributed by atoms with Crippen LogP contribution in [-0.4, -0.2) is 61.0 Å². The molecule has 20 heavy (non-hydrogen) atoms. The fraction of sp³-hybridized carbons (Fsp3) is 0.571. The number of likely N-dealkylation sites (tertiary alicyclic amines) is 1. The number of rotatable bonds is 3. The van der Waals surface area contributed by atoms with Crippen molar-refractivity contribution in [2.45, 2.75) is 18.9 Å². The quantitative estimate of drug-likeness (QED) is 0.926. The van der Waals surface area contributed by atoms with E-state index in [9.17, 15) is 4.79 Å². The standard InChI is InChI=1S/C14H21ClN4O/c1-16-12-5-4-11(15)13(17-12)14(20)19(3)10-6-8-18(2)9-7-10/h4-5,10H,6-9H2,1-3H3,(H,16,17). The van der Waals surface area contributed by atoms with Gasteiger partial charge < -0.3 is 15.1 Å². The lowest BCUT2D eigenvalue weighted by Crippen LogP contribution is -2.44. The summed E-state index contributed by atoms with van der Waals surface area (Å²) in [4.78, 5) is 20.9. The summed E-state index contributed by atoms with van der Waals surface area (Å²) >= 11 is 6.11. The average molecular weight is 297 g/mol. The number of piperidine rings is 1. The molecule has 1 aliphatic heterocycles. The highest BCUT2D eigenvalue weighted by atomic mass is 35.5. The molecule has 1 aromatic rings. The van der Waals surface area contributed by atoms with E-state index < -0.39 is 0 Å². The van der Waals surface area contributed by atoms with Crippen LogP contribution in [0.25, 0.3) is 0 Å². The zero-order valence-electron chi connectivity index (χ0n) is 12.2. The third-order valence-corrected chi connectivity index (χ3v) is 4.17. The number of anilines is 1. The van der Waals surface area contributed by atoms with Crippen LogP contribution in [0.15, 0.2) is 12.1 Å². The minimum Gasteiger partial charge on any atom is -0.373 e. The Morgan fingerprint density at radius 3 is 2.70 bits per heavy atom. The Bertz CT molecular complexity index is 486. The number of pyridine rings is 1. The molecule has 1 aromatic heterocycles. The van der Waals surface area contributed by atoms with Crippen molar-refractivity contribution >= 4 is 23.3 Å². The predicted octanol–water partition coefficient (Wildman–Crippen LogP) is 1.94. The van der Waals surface area contributed by atoms with Crippen LogP contribution < -0.4 is 5.32 Å². The van der Waals surface area contributed by atoms with Crippen molar-refractivity contribution in [3.8, 4) is 0 Å². The Labute approximate surface area is 124 Å². The van der Waals surface area contributed by atoms with E-state index in [-0.39, 0.29) is 11.9 Å². The van der Waals surface area contributed by atoms with Gasteiger partial charge in [-0.3, -0.25) is 4.79 Å². The fourth-order valence-corrected chi connectivity index (χ4v) is 2.63. The van der Waals surface area contributed by atoms with Crippen LogP contribution in [0.4, 0.5) is 5.82 Å². The Kier molecular flexibility index (Phi) is 4.83. The van der Waals surface area contributed by atoms with Gasteiger partial charge in [0.15, 0.2) is 0 Å². The van der Waals surface area contributed by atoms with Crippen LogP contribution in [0.2, 0.25) is 5.02 Å². The van der Waals surface area contributed by atoms with Gasteiger partial charge in [0.2, 0.25) is 0 Å². The summed E-state index contributed by atoms with van der Waals surface area (Å²) in [5, 5.41) is 3.32. The number of halogens is 1. The normalized spacial score (nSPS) is 17.0. The molecule has 0 aliphatic carbocycles. The Morgan fingerprint density at radius 1 is 1.45 bits per heavy atom. The summed E-state index contributed by atoms with van der Waals surface area (Å²) in [6, 6.07) is 3.72. The SMILES string of the molecule is CNc1ccc(Cl)c(C(=O)N(C)C2CCN(C)CC2)n1. The average Bonchev–Trinajstić information content (AvgIpc) is 2.47. The molecule has 6 heteroatoms. The van der Waals surface area contributed by atoms with Crippen LogP contribution in [0, 0.1) is 0 Å². The summed E-state index contributed by atoms with van der Waals surface area (Å²) < 4.78 is 0. The van der Waals surface area contributed by atoms with E-state index in [2.05, 4.69) is 22.2 Å². The predicted molar refractivity (Wildman–Crippen MR) is 81.4 cm³/mol. The smallest absolute Gasteiger partial charge is 0.274 e. The van der Waals surface area contributed by atoms with E-state index in [1.54, 1.807) is 24.1 Å². The number of carbonyl (C=O) groups excluding carboxylic acids is 1. The summed E-state index contributed by atoms with van der Waals surface area (Å²) in [5.74, 6) is 0.538. The number of aromatic nitrogens is 1. The van der Waals surface area contributed by atoms with E-state index in [0.717, 1.165) is 25.9 Å². The molecule has 110 valence electrons. The monoisotopic (exact) mass is 296 g/mol. The fourth-order valence-electron chi connectivity index (χ4n) is 2.45. The highest BCUT2D eigenvalue weighted by molar-refractivity contribution is 6.33. The van der Waals surface area contributed by atoms with Crippen molar-refractivity contribution in [3.05, 3.63) is 22.8 Å². The van der Waals surface area contributed by atoms with E-state index in [1.165, 1.54) is 0 Å². The molecule has 0 saturated carbocycles. The first-order valence-electron chi connectivity index (χ1n) is 6.83. The van der Waals surface area contributed by atoms with Gasteiger partial charge in [-0.05, 0) is 45.1 Å². The minimum atomic E-state index is -0.110. The van der Waals surface area contributed by atoms with E-state index in [4.69, 9.17) is 11.6 Å². The van der Waals surface area contributed by atoms with E-state index >= 15 is 0 Å².